The molecular weight excluding hydrogens is 123 g/mol. The summed E-state index contributed by atoms with van der Waals surface area (Å²) in [6.07, 6.45) is 0. The predicted molar refractivity (Wildman–Crippen MR) is 30.6 cm³/mol. The van der Waals surface area contributed by atoms with Crippen molar-refractivity contribution in [2.75, 3.05) is 0 Å². The van der Waals surface area contributed by atoms with E-state index in [1.54, 1.807) is 18.2 Å². The zero-order chi connectivity index (χ0) is 5.98. The zero-order valence-electron chi connectivity index (χ0n) is 5.72. The summed E-state index contributed by atoms with van der Waals surface area (Å²) in [7, 11) is 0. The molecule has 42 valence electrons. The Hall–Kier alpha value is 0.0200. The van der Waals surface area contributed by atoms with Crippen LogP contribution in [0.1, 0.15) is 5.56 Å². The van der Waals surface area contributed by atoms with Gasteiger partial charge in [-0.25, -0.2) is 0 Å². The average Bonchev–Trinajstić information content (AvgIpc) is 1.64. The standard InChI is InChI=1S/C7H8O.Na/c1-6-3-2-4-7(8)5-6;/h2-5,8H,1H3;/q;+1/p-1. The van der Waals surface area contributed by atoms with Gasteiger partial charge in [0, 0.05) is 0 Å². The van der Waals surface area contributed by atoms with Crippen molar-refractivity contribution in [2.45, 2.75) is 6.92 Å². The van der Waals surface area contributed by atoms with Gasteiger partial charge in [0.15, 0.2) is 0 Å². The molecule has 1 aromatic carbocycles. The summed E-state index contributed by atoms with van der Waals surface area (Å²) < 4.78 is 0. The predicted octanol–water partition coefficient (Wildman–Crippen LogP) is -1.93. The van der Waals surface area contributed by atoms with Gasteiger partial charge in [-0.1, -0.05) is 29.8 Å². The molecule has 1 nitrogen and oxygen atoms in total. The van der Waals surface area contributed by atoms with Crippen molar-refractivity contribution in [1.29, 1.82) is 0 Å². The molecule has 9 heavy (non-hydrogen) atoms. The molecule has 0 aliphatic heterocycles. The second-order valence-electron chi connectivity index (χ2n) is 1.82. The van der Waals surface area contributed by atoms with Crippen LogP contribution in [0.2, 0.25) is 0 Å². The summed E-state index contributed by atoms with van der Waals surface area (Å²) in [5, 5.41) is 10.5. The van der Waals surface area contributed by atoms with Gasteiger partial charge in [0.25, 0.3) is 0 Å². The zero-order valence-corrected chi connectivity index (χ0v) is 7.72. The largest absolute Gasteiger partial charge is 1.00 e. The third-order valence-corrected chi connectivity index (χ3v) is 0.990. The van der Waals surface area contributed by atoms with Crippen LogP contribution in [0.5, 0.6) is 5.75 Å². The van der Waals surface area contributed by atoms with Crippen molar-refractivity contribution < 1.29 is 34.7 Å². The first-order valence-electron chi connectivity index (χ1n) is 2.53. The van der Waals surface area contributed by atoms with E-state index >= 15 is 0 Å². The maximum Gasteiger partial charge on any atom is 1.00 e. The van der Waals surface area contributed by atoms with Crippen LogP contribution in [0, 0.1) is 6.92 Å². The summed E-state index contributed by atoms with van der Waals surface area (Å²) in [5.41, 5.74) is 1.03. The number of benzene rings is 1. The van der Waals surface area contributed by atoms with Gasteiger partial charge in [0.2, 0.25) is 0 Å². The maximum absolute atomic E-state index is 10.5. The van der Waals surface area contributed by atoms with Crippen molar-refractivity contribution in [3.63, 3.8) is 0 Å². The van der Waals surface area contributed by atoms with E-state index < -0.39 is 0 Å². The van der Waals surface area contributed by atoms with Gasteiger partial charge in [-0.2, -0.15) is 0 Å². The summed E-state index contributed by atoms with van der Waals surface area (Å²) in [6.45, 7) is 1.90. The van der Waals surface area contributed by atoms with Gasteiger partial charge >= 0.3 is 29.6 Å². The summed E-state index contributed by atoms with van der Waals surface area (Å²) in [4.78, 5) is 0. The average molecular weight is 130 g/mol. The molecule has 0 aliphatic rings. The first-order chi connectivity index (χ1) is 3.79. The molecule has 1 aromatic rings. The maximum atomic E-state index is 10.5. The van der Waals surface area contributed by atoms with Crippen molar-refractivity contribution in [3.05, 3.63) is 29.8 Å². The summed E-state index contributed by atoms with van der Waals surface area (Å²) >= 11 is 0. The Kier molecular flexibility index (Phi) is 3.95. The molecule has 0 heterocycles. The quantitative estimate of drug-likeness (QED) is 0.375. The van der Waals surface area contributed by atoms with E-state index in [1.165, 1.54) is 0 Å². The minimum absolute atomic E-state index is 0. The first-order valence-corrected chi connectivity index (χ1v) is 2.53. The van der Waals surface area contributed by atoms with E-state index in [0.717, 1.165) is 5.56 Å². The van der Waals surface area contributed by atoms with E-state index in [4.69, 9.17) is 0 Å². The smallest absolute Gasteiger partial charge is 0.872 e. The minimum atomic E-state index is 0. The Bertz CT molecular complexity index is 169. The van der Waals surface area contributed by atoms with Gasteiger partial charge in [-0.3, -0.25) is 0 Å². The molecule has 0 atom stereocenters. The molecule has 0 aliphatic carbocycles. The van der Waals surface area contributed by atoms with Crippen LogP contribution in [0.25, 0.3) is 0 Å². The molecule has 0 saturated carbocycles. The van der Waals surface area contributed by atoms with Gasteiger partial charge in [-0.05, 0) is 6.92 Å². The Balaban J connectivity index is 0.000000640. The van der Waals surface area contributed by atoms with E-state index in [2.05, 4.69) is 0 Å². The van der Waals surface area contributed by atoms with E-state index in [1.807, 2.05) is 13.0 Å². The van der Waals surface area contributed by atoms with Crippen LogP contribution in [0.15, 0.2) is 24.3 Å². The molecule has 0 bridgehead atoms. The molecule has 0 unspecified atom stereocenters. The van der Waals surface area contributed by atoms with Gasteiger partial charge in [0.05, 0.1) is 0 Å². The van der Waals surface area contributed by atoms with Gasteiger partial charge in [-0.15, -0.1) is 5.75 Å². The molecule has 0 aromatic heterocycles. The first kappa shape index (κ1) is 9.02. The molecule has 2 heteroatoms. The van der Waals surface area contributed by atoms with E-state index in [-0.39, 0.29) is 35.3 Å². The third kappa shape index (κ3) is 2.89. The topological polar surface area (TPSA) is 23.1 Å². The Morgan fingerprint density at radius 1 is 1.33 bits per heavy atom. The molecule has 0 amide bonds. The molecule has 0 N–H and O–H groups in total. The molecule has 0 spiro atoms. The van der Waals surface area contributed by atoms with Crippen LogP contribution in [-0.4, -0.2) is 0 Å². The summed E-state index contributed by atoms with van der Waals surface area (Å²) in [6, 6.07) is 6.83. The second-order valence-corrected chi connectivity index (χ2v) is 1.82. The van der Waals surface area contributed by atoms with E-state index in [0.29, 0.717) is 0 Å². The Morgan fingerprint density at radius 3 is 2.33 bits per heavy atom. The van der Waals surface area contributed by atoms with Crippen molar-refractivity contribution in [1.82, 2.24) is 0 Å². The minimum Gasteiger partial charge on any atom is -0.872 e. The van der Waals surface area contributed by atoms with Crippen LogP contribution in [-0.2, 0) is 0 Å². The van der Waals surface area contributed by atoms with Crippen molar-refractivity contribution >= 4 is 0 Å². The second kappa shape index (κ2) is 3.94. The monoisotopic (exact) mass is 130 g/mol. The molecule has 0 saturated heterocycles. The fourth-order valence-corrected chi connectivity index (χ4v) is 0.615. The van der Waals surface area contributed by atoms with Gasteiger partial charge < -0.3 is 5.11 Å². The number of rotatable bonds is 0. The van der Waals surface area contributed by atoms with Crippen LogP contribution in [0.3, 0.4) is 0 Å². The molecular formula is C7H7NaO. The van der Waals surface area contributed by atoms with Crippen LogP contribution < -0.4 is 34.7 Å². The third-order valence-electron chi connectivity index (χ3n) is 0.990. The Labute approximate surface area is 77.0 Å². The fraction of sp³-hybridized carbons (Fsp3) is 0.143. The number of hydrogen-bond donors (Lipinski definition) is 0. The molecule has 0 fully saturated rings. The van der Waals surface area contributed by atoms with Crippen molar-refractivity contribution in [2.24, 2.45) is 0 Å². The normalized spacial score (nSPS) is 8.11. The van der Waals surface area contributed by atoms with E-state index in [9.17, 15) is 5.11 Å². The molecule has 0 radical (unpaired) electrons. The number of hydrogen-bond acceptors (Lipinski definition) is 1. The SMILES string of the molecule is Cc1cccc([O-])c1.[Na+]. The summed E-state index contributed by atoms with van der Waals surface area (Å²) in [5.74, 6) is 0.0880. The van der Waals surface area contributed by atoms with Crippen molar-refractivity contribution in [3.8, 4) is 5.75 Å². The fourth-order valence-electron chi connectivity index (χ4n) is 0.615. The Morgan fingerprint density at radius 2 is 2.00 bits per heavy atom. The number of aryl methyl sites for hydroxylation is 1. The van der Waals surface area contributed by atoms with Gasteiger partial charge in [0.1, 0.15) is 0 Å². The molecule has 1 rings (SSSR count). The van der Waals surface area contributed by atoms with Crippen LogP contribution >= 0.6 is 0 Å². The van der Waals surface area contributed by atoms with Crippen LogP contribution in [0.4, 0.5) is 0 Å².